The lowest BCUT2D eigenvalue weighted by atomic mass is 9.92. The van der Waals surface area contributed by atoms with Crippen LogP contribution in [0.25, 0.3) is 16.9 Å². The summed E-state index contributed by atoms with van der Waals surface area (Å²) >= 11 is 6.14. The van der Waals surface area contributed by atoms with Crippen LogP contribution in [0.15, 0.2) is 53.8 Å². The highest BCUT2D eigenvalue weighted by molar-refractivity contribution is 6.28. The van der Waals surface area contributed by atoms with Gasteiger partial charge in [-0.1, -0.05) is 18.1 Å². The smallest absolute Gasteiger partial charge is 0.479 e. The lowest BCUT2D eigenvalue weighted by molar-refractivity contribution is -0.716. The van der Waals surface area contributed by atoms with Crippen molar-refractivity contribution in [2.45, 2.75) is 62.5 Å². The molecule has 0 spiro atoms. The Labute approximate surface area is 283 Å². The Kier molecular flexibility index (Phi) is 10.0. The molecule has 0 radical (unpaired) electrons. The summed E-state index contributed by atoms with van der Waals surface area (Å²) in [6, 6.07) is 7.37. The number of halogens is 1. The second-order valence-electron chi connectivity index (χ2n) is 11.5. The molecule has 17 nitrogen and oxygen atoms in total. The predicted molar refractivity (Wildman–Crippen MR) is 170 cm³/mol. The number of carbonyl (C=O) groups is 2. The fourth-order valence-corrected chi connectivity index (χ4v) is 5.60. The van der Waals surface area contributed by atoms with Crippen molar-refractivity contribution < 1.29 is 49.2 Å². The number of imidazole rings is 1. The molecule has 4 heterocycles. The molecule has 49 heavy (non-hydrogen) atoms. The van der Waals surface area contributed by atoms with Gasteiger partial charge >= 0.3 is 17.6 Å². The average molecular weight is 699 g/mol. The molecule has 3 aromatic heterocycles. The number of rotatable bonds is 13. The van der Waals surface area contributed by atoms with Crippen LogP contribution in [-0.2, 0) is 32.0 Å². The third-order valence-corrected chi connectivity index (χ3v) is 8.14. The van der Waals surface area contributed by atoms with Gasteiger partial charge in [-0.25, -0.2) is 14.6 Å². The van der Waals surface area contributed by atoms with Gasteiger partial charge in [-0.2, -0.15) is 23.9 Å². The van der Waals surface area contributed by atoms with E-state index in [2.05, 4.69) is 26.2 Å². The normalized spacial score (nSPS) is 20.8. The maximum atomic E-state index is 12.7. The van der Waals surface area contributed by atoms with E-state index in [0.717, 1.165) is 0 Å². The minimum Gasteiger partial charge on any atom is -0.479 e. The number of fused-ring (bicyclic) bond motifs is 1. The molecule has 1 aliphatic rings. The number of nitrogens with zero attached hydrogens (tertiary/aromatic N) is 6. The molecule has 258 valence electrons. The first-order chi connectivity index (χ1) is 23.2. The molecule has 5 rings (SSSR count). The maximum absolute atomic E-state index is 12.7. The van der Waals surface area contributed by atoms with E-state index in [9.17, 15) is 39.9 Å². The van der Waals surface area contributed by atoms with Crippen LogP contribution in [0.2, 0.25) is 5.28 Å². The van der Waals surface area contributed by atoms with Gasteiger partial charge in [0.15, 0.2) is 28.8 Å². The number of nitrogens with one attached hydrogen (secondary N) is 1. The number of terminal acetylenes is 1. The fourth-order valence-electron chi connectivity index (χ4n) is 5.43. The first kappa shape index (κ1) is 35.3. The first-order valence-corrected chi connectivity index (χ1v) is 15.3. The molecular formula is C31H33ClN7O10+. The lowest BCUT2D eigenvalue weighted by Gasteiger charge is -2.30. The Balaban J connectivity index is 1.41. The number of hydrogen-bond donors (Lipinski definition) is 6. The summed E-state index contributed by atoms with van der Waals surface area (Å²) in [4.78, 5) is 50.4. The molecular weight excluding hydrogens is 666 g/mol. The highest BCUT2D eigenvalue weighted by atomic mass is 35.5. The number of carboxylic acids is 2. The third kappa shape index (κ3) is 6.57. The molecule has 18 heteroatoms. The van der Waals surface area contributed by atoms with Crippen molar-refractivity contribution in [3.8, 4) is 18.0 Å². The van der Waals surface area contributed by atoms with Crippen molar-refractivity contribution in [2.75, 3.05) is 18.5 Å². The zero-order valence-corrected chi connectivity index (χ0v) is 26.9. The molecule has 0 unspecified atom stereocenters. The van der Waals surface area contributed by atoms with E-state index in [1.54, 1.807) is 6.07 Å². The summed E-state index contributed by atoms with van der Waals surface area (Å²) < 4.78 is 15.3. The second-order valence-corrected chi connectivity index (χ2v) is 11.9. The molecule has 0 bridgehead atoms. The number of ether oxygens (including phenoxy) is 2. The molecule has 1 aromatic carbocycles. The molecule has 0 amide bonds. The standard InChI is InChI=1S/C31H32ClN7O10/c1-4-30(47)20(49-25(22(30)41)39-16-33-21-23(34-17(2)3)35-28(32)36-24(21)39)15-48-31(26(42)43,27(44)45)14-18-6-8-19(9-7-18)38-11-5-10-37(12-13-40)29(38)46/h1,5-11,16-17,20,22,25,40-41,47H,12-15H2,2-3H3,(H2-,34,35,36,42,43,44,45)/p+1/t20-,22+,25-,30-/m1/s1. The average Bonchev–Trinajstić information content (AvgIpc) is 3.58. The van der Waals surface area contributed by atoms with Crippen LogP contribution in [0, 0.1) is 12.3 Å². The van der Waals surface area contributed by atoms with Crippen LogP contribution in [0.4, 0.5) is 5.82 Å². The van der Waals surface area contributed by atoms with Gasteiger partial charge in [0.05, 0.1) is 25.7 Å². The number of aromatic nitrogens is 6. The molecule has 1 fully saturated rings. The highest BCUT2D eigenvalue weighted by Crippen LogP contribution is 2.39. The number of carboxylic acid groups (broad SMARTS) is 2. The van der Waals surface area contributed by atoms with Gasteiger partial charge in [0, 0.05) is 18.5 Å². The van der Waals surface area contributed by atoms with E-state index in [-0.39, 0.29) is 41.2 Å². The van der Waals surface area contributed by atoms with Gasteiger partial charge in [0.2, 0.25) is 5.28 Å². The molecule has 4 atom stereocenters. The highest BCUT2D eigenvalue weighted by Gasteiger charge is 2.58. The molecule has 0 aliphatic carbocycles. The Hall–Kier alpha value is -4.96. The molecule has 1 aliphatic heterocycles. The van der Waals surface area contributed by atoms with Crippen molar-refractivity contribution in [1.82, 2.24) is 24.1 Å². The van der Waals surface area contributed by atoms with E-state index in [4.69, 9.17) is 27.5 Å². The third-order valence-electron chi connectivity index (χ3n) is 7.97. The topological polar surface area (TPSA) is 235 Å². The van der Waals surface area contributed by atoms with Crippen molar-refractivity contribution in [3.63, 3.8) is 0 Å². The van der Waals surface area contributed by atoms with E-state index in [1.165, 1.54) is 56.7 Å². The first-order valence-electron chi connectivity index (χ1n) is 14.9. The zero-order valence-electron chi connectivity index (χ0n) is 26.2. The van der Waals surface area contributed by atoms with Crippen LogP contribution in [0.1, 0.15) is 25.6 Å². The number of aliphatic hydroxyl groups is 3. The molecule has 4 aromatic rings. The van der Waals surface area contributed by atoms with Crippen molar-refractivity contribution in [3.05, 3.63) is 70.4 Å². The SMILES string of the molecule is C#C[C@@]1(O)[C@@H](COC(Cc2ccc(-n3ccc[n+](CCO)c3=O)cc2)(C(=O)O)C(=O)O)O[C@@H](n2cnc3c(NC(C)C)nc(Cl)nc32)[C@@H]1O. The minimum absolute atomic E-state index is 0.0551. The lowest BCUT2D eigenvalue weighted by Crippen LogP contribution is -2.55. The van der Waals surface area contributed by atoms with Crippen LogP contribution < -0.4 is 15.6 Å². The quantitative estimate of drug-likeness (QED) is 0.0448. The summed E-state index contributed by atoms with van der Waals surface area (Å²) in [5, 5.41) is 54.9. The largest absolute Gasteiger partial charge is 0.503 e. The summed E-state index contributed by atoms with van der Waals surface area (Å²) in [7, 11) is 0. The minimum atomic E-state index is -2.89. The fraction of sp³-hybridized carbons (Fsp3) is 0.387. The summed E-state index contributed by atoms with van der Waals surface area (Å²) in [6.45, 7) is 2.68. The monoisotopic (exact) mass is 698 g/mol. The predicted octanol–water partition coefficient (Wildman–Crippen LogP) is -0.479. The van der Waals surface area contributed by atoms with E-state index in [1.807, 2.05) is 13.8 Å². The number of hydrogen-bond acceptors (Lipinski definition) is 12. The van der Waals surface area contributed by atoms with Crippen LogP contribution in [0.5, 0.6) is 0 Å². The van der Waals surface area contributed by atoms with Crippen molar-refractivity contribution in [1.29, 1.82) is 0 Å². The zero-order chi connectivity index (χ0) is 35.7. The van der Waals surface area contributed by atoms with Crippen LogP contribution in [-0.4, -0.2) is 104 Å². The van der Waals surface area contributed by atoms with Gasteiger partial charge < -0.3 is 40.3 Å². The van der Waals surface area contributed by atoms with E-state index >= 15 is 0 Å². The number of aliphatic hydroxyl groups excluding tert-OH is 2. The van der Waals surface area contributed by atoms with Gasteiger partial charge in [-0.3, -0.25) is 4.57 Å². The summed E-state index contributed by atoms with van der Waals surface area (Å²) in [6.07, 6.45) is 4.28. The Morgan fingerprint density at radius 3 is 2.55 bits per heavy atom. The van der Waals surface area contributed by atoms with Gasteiger partial charge in [0.25, 0.3) is 5.60 Å². The van der Waals surface area contributed by atoms with Crippen LogP contribution in [0.3, 0.4) is 0 Å². The Morgan fingerprint density at radius 2 is 1.94 bits per heavy atom. The number of benzene rings is 1. The maximum Gasteiger partial charge on any atom is 0.503 e. The van der Waals surface area contributed by atoms with Gasteiger partial charge in [-0.15, -0.1) is 6.42 Å². The molecule has 6 N–H and O–H groups in total. The molecule has 0 saturated carbocycles. The Morgan fingerprint density at radius 1 is 1.24 bits per heavy atom. The number of anilines is 1. The number of aliphatic carboxylic acids is 2. The van der Waals surface area contributed by atoms with E-state index < -0.39 is 60.3 Å². The summed E-state index contributed by atoms with van der Waals surface area (Å²) in [5.41, 5.74) is -4.83. The Bertz CT molecular complexity index is 1960. The van der Waals surface area contributed by atoms with Crippen molar-refractivity contribution in [2.24, 2.45) is 0 Å². The molecule has 1 saturated heterocycles. The summed E-state index contributed by atoms with van der Waals surface area (Å²) in [5.74, 6) is -1.35. The second kappa shape index (κ2) is 13.9. The van der Waals surface area contributed by atoms with Crippen molar-refractivity contribution >= 4 is 40.5 Å². The van der Waals surface area contributed by atoms with Gasteiger partial charge in [0.1, 0.15) is 30.6 Å². The van der Waals surface area contributed by atoms with Crippen LogP contribution >= 0.6 is 11.6 Å². The van der Waals surface area contributed by atoms with E-state index in [0.29, 0.717) is 11.5 Å². The van der Waals surface area contributed by atoms with Gasteiger partial charge in [-0.05, 0) is 43.1 Å².